The highest BCUT2D eigenvalue weighted by molar-refractivity contribution is 5.32. The minimum absolute atomic E-state index is 0.0232. The van der Waals surface area contributed by atoms with Crippen LogP contribution < -0.4 is 10.5 Å². The van der Waals surface area contributed by atoms with Crippen molar-refractivity contribution in [1.82, 2.24) is 0 Å². The second-order valence-corrected chi connectivity index (χ2v) is 3.02. The van der Waals surface area contributed by atoms with Crippen molar-refractivity contribution in [1.29, 1.82) is 0 Å². The smallest absolute Gasteiger partial charge is 0.126 e. The molecular formula is C10H14FNO. The number of methoxy groups -OCH3 is 1. The van der Waals surface area contributed by atoms with E-state index in [1.165, 1.54) is 6.07 Å². The van der Waals surface area contributed by atoms with Crippen LogP contribution >= 0.6 is 0 Å². The van der Waals surface area contributed by atoms with E-state index in [0.717, 1.165) is 0 Å². The molecule has 0 saturated carbocycles. The zero-order chi connectivity index (χ0) is 9.84. The molecule has 0 aliphatic heterocycles. The standard InChI is InChI=1S/C10H14FNO/c1-7(6-12)9-5-8(13-2)3-4-10(9)11/h3-5,7H,6,12H2,1-2H3. The van der Waals surface area contributed by atoms with Crippen molar-refractivity contribution in [2.24, 2.45) is 5.73 Å². The Morgan fingerprint density at radius 2 is 2.23 bits per heavy atom. The van der Waals surface area contributed by atoms with Crippen LogP contribution in [0, 0.1) is 5.82 Å². The summed E-state index contributed by atoms with van der Waals surface area (Å²) < 4.78 is 18.2. The normalized spacial score (nSPS) is 12.6. The van der Waals surface area contributed by atoms with Gasteiger partial charge in [0, 0.05) is 0 Å². The van der Waals surface area contributed by atoms with Crippen LogP contribution in [0.1, 0.15) is 18.4 Å². The molecule has 0 aliphatic carbocycles. The molecule has 1 rings (SSSR count). The van der Waals surface area contributed by atoms with Crippen LogP contribution in [0.4, 0.5) is 4.39 Å². The van der Waals surface area contributed by atoms with Gasteiger partial charge in [0.1, 0.15) is 11.6 Å². The molecule has 0 bridgehead atoms. The van der Waals surface area contributed by atoms with Gasteiger partial charge in [-0.1, -0.05) is 6.92 Å². The summed E-state index contributed by atoms with van der Waals surface area (Å²) in [5.41, 5.74) is 6.07. The van der Waals surface area contributed by atoms with Gasteiger partial charge >= 0.3 is 0 Å². The fourth-order valence-electron chi connectivity index (χ4n) is 1.15. The zero-order valence-electron chi connectivity index (χ0n) is 7.88. The molecule has 0 fully saturated rings. The van der Waals surface area contributed by atoms with Crippen molar-refractivity contribution in [3.05, 3.63) is 29.6 Å². The van der Waals surface area contributed by atoms with Crippen molar-refractivity contribution in [3.63, 3.8) is 0 Å². The van der Waals surface area contributed by atoms with E-state index >= 15 is 0 Å². The monoisotopic (exact) mass is 183 g/mol. The number of nitrogens with two attached hydrogens (primary N) is 1. The lowest BCUT2D eigenvalue weighted by Gasteiger charge is -2.11. The number of hydrogen-bond donors (Lipinski definition) is 1. The molecule has 2 nitrogen and oxygen atoms in total. The fourth-order valence-corrected chi connectivity index (χ4v) is 1.15. The summed E-state index contributed by atoms with van der Waals surface area (Å²) >= 11 is 0. The number of benzene rings is 1. The Bertz CT molecular complexity index is 288. The molecule has 72 valence electrons. The lowest BCUT2D eigenvalue weighted by Crippen LogP contribution is -2.10. The maximum Gasteiger partial charge on any atom is 0.126 e. The lowest BCUT2D eigenvalue weighted by molar-refractivity contribution is 0.412. The second kappa shape index (κ2) is 4.23. The summed E-state index contributed by atoms with van der Waals surface area (Å²) in [5.74, 6) is 0.463. The Labute approximate surface area is 77.5 Å². The van der Waals surface area contributed by atoms with E-state index in [4.69, 9.17) is 10.5 Å². The average Bonchev–Trinajstić information content (AvgIpc) is 2.17. The van der Waals surface area contributed by atoms with E-state index in [0.29, 0.717) is 17.9 Å². The first-order valence-electron chi connectivity index (χ1n) is 4.22. The van der Waals surface area contributed by atoms with E-state index in [2.05, 4.69) is 0 Å². The van der Waals surface area contributed by atoms with E-state index in [-0.39, 0.29) is 11.7 Å². The third-order valence-corrected chi connectivity index (χ3v) is 2.09. The van der Waals surface area contributed by atoms with Crippen LogP contribution in [0.5, 0.6) is 5.75 Å². The first kappa shape index (κ1) is 9.99. The Hall–Kier alpha value is -1.09. The summed E-state index contributed by atoms with van der Waals surface area (Å²) in [6.07, 6.45) is 0. The molecule has 1 unspecified atom stereocenters. The van der Waals surface area contributed by atoms with Gasteiger partial charge in [0.25, 0.3) is 0 Å². The molecule has 2 N–H and O–H groups in total. The predicted molar refractivity (Wildman–Crippen MR) is 50.4 cm³/mol. The van der Waals surface area contributed by atoms with E-state index in [1.807, 2.05) is 6.92 Å². The van der Waals surface area contributed by atoms with Crippen molar-refractivity contribution in [2.45, 2.75) is 12.8 Å². The molecule has 0 aliphatic rings. The van der Waals surface area contributed by atoms with Crippen LogP contribution in [0.25, 0.3) is 0 Å². The molecule has 1 atom stereocenters. The van der Waals surface area contributed by atoms with Gasteiger partial charge in [0.15, 0.2) is 0 Å². The summed E-state index contributed by atoms with van der Waals surface area (Å²) in [6, 6.07) is 4.69. The molecule has 0 amide bonds. The quantitative estimate of drug-likeness (QED) is 0.776. The Balaban J connectivity index is 3.03. The van der Waals surface area contributed by atoms with Gasteiger partial charge < -0.3 is 10.5 Å². The first-order chi connectivity index (χ1) is 6.19. The maximum atomic E-state index is 13.2. The van der Waals surface area contributed by atoms with E-state index in [9.17, 15) is 4.39 Å². The van der Waals surface area contributed by atoms with Crippen molar-refractivity contribution >= 4 is 0 Å². The molecular weight excluding hydrogens is 169 g/mol. The van der Waals surface area contributed by atoms with Crippen molar-refractivity contribution < 1.29 is 9.13 Å². The van der Waals surface area contributed by atoms with Gasteiger partial charge in [-0.05, 0) is 36.2 Å². The van der Waals surface area contributed by atoms with Gasteiger partial charge in [-0.2, -0.15) is 0 Å². The van der Waals surface area contributed by atoms with Crippen LogP contribution in [0.2, 0.25) is 0 Å². The molecule has 1 aromatic rings. The minimum Gasteiger partial charge on any atom is -0.497 e. The molecule has 0 spiro atoms. The molecule has 0 radical (unpaired) electrons. The summed E-state index contributed by atoms with van der Waals surface area (Å²) in [6.45, 7) is 2.32. The van der Waals surface area contributed by atoms with Crippen molar-refractivity contribution in [2.75, 3.05) is 13.7 Å². The van der Waals surface area contributed by atoms with Crippen LogP contribution in [-0.4, -0.2) is 13.7 Å². The topological polar surface area (TPSA) is 35.2 Å². The largest absolute Gasteiger partial charge is 0.497 e. The van der Waals surface area contributed by atoms with Crippen LogP contribution in [0.15, 0.2) is 18.2 Å². The molecule has 0 heterocycles. The first-order valence-corrected chi connectivity index (χ1v) is 4.22. The Morgan fingerprint density at radius 1 is 1.54 bits per heavy atom. The van der Waals surface area contributed by atoms with E-state index < -0.39 is 0 Å². The van der Waals surface area contributed by atoms with Gasteiger partial charge in [-0.15, -0.1) is 0 Å². The molecule has 0 saturated heterocycles. The van der Waals surface area contributed by atoms with Crippen LogP contribution in [0.3, 0.4) is 0 Å². The number of ether oxygens (including phenoxy) is 1. The SMILES string of the molecule is COc1ccc(F)c(C(C)CN)c1. The summed E-state index contributed by atoms with van der Waals surface area (Å²) in [7, 11) is 1.56. The number of hydrogen-bond acceptors (Lipinski definition) is 2. The van der Waals surface area contributed by atoms with E-state index in [1.54, 1.807) is 19.2 Å². The highest BCUT2D eigenvalue weighted by Crippen LogP contribution is 2.22. The molecule has 3 heteroatoms. The third kappa shape index (κ3) is 2.18. The van der Waals surface area contributed by atoms with Crippen molar-refractivity contribution in [3.8, 4) is 5.75 Å². The maximum absolute atomic E-state index is 13.2. The third-order valence-electron chi connectivity index (χ3n) is 2.09. The molecule has 0 aromatic heterocycles. The Morgan fingerprint density at radius 3 is 2.77 bits per heavy atom. The minimum atomic E-state index is -0.223. The molecule has 1 aromatic carbocycles. The van der Waals surface area contributed by atoms with Gasteiger partial charge in [0.05, 0.1) is 7.11 Å². The summed E-state index contributed by atoms with van der Waals surface area (Å²) in [5, 5.41) is 0. The Kier molecular flexibility index (Phi) is 3.25. The number of rotatable bonds is 3. The van der Waals surface area contributed by atoms with Gasteiger partial charge in [-0.3, -0.25) is 0 Å². The van der Waals surface area contributed by atoms with Gasteiger partial charge in [0.2, 0.25) is 0 Å². The predicted octanol–water partition coefficient (Wildman–Crippen LogP) is 1.90. The second-order valence-electron chi connectivity index (χ2n) is 3.02. The van der Waals surface area contributed by atoms with Crippen LogP contribution in [-0.2, 0) is 0 Å². The number of halogens is 1. The average molecular weight is 183 g/mol. The zero-order valence-corrected chi connectivity index (χ0v) is 7.88. The fraction of sp³-hybridized carbons (Fsp3) is 0.400. The highest BCUT2D eigenvalue weighted by Gasteiger charge is 2.09. The molecule has 13 heavy (non-hydrogen) atoms. The van der Waals surface area contributed by atoms with Gasteiger partial charge in [-0.25, -0.2) is 4.39 Å². The highest BCUT2D eigenvalue weighted by atomic mass is 19.1. The lowest BCUT2D eigenvalue weighted by atomic mass is 10.0. The summed E-state index contributed by atoms with van der Waals surface area (Å²) in [4.78, 5) is 0.